The number of nitrogens with one attached hydrogen (secondary N) is 1. The highest BCUT2D eigenvalue weighted by Crippen LogP contribution is 2.18. The molecule has 6 heteroatoms. The van der Waals surface area contributed by atoms with Gasteiger partial charge in [0.25, 0.3) is 0 Å². The summed E-state index contributed by atoms with van der Waals surface area (Å²) in [5.41, 5.74) is 0. The molecule has 0 aromatic carbocycles. The predicted molar refractivity (Wildman–Crippen MR) is 242 cm³/mol. The first-order chi connectivity index (χ1) is 27.5. The minimum atomic E-state index is -1.25. The fourth-order valence-corrected chi connectivity index (χ4v) is 8.29. The van der Waals surface area contributed by atoms with Crippen LogP contribution in [0, 0.1) is 0 Å². The molecule has 0 spiro atoms. The first-order valence-corrected chi connectivity index (χ1v) is 25.4. The monoisotopic (exact) mass is 796 g/mol. The second-order valence-electron chi connectivity index (χ2n) is 17.9. The first-order valence-electron chi connectivity index (χ1n) is 25.4. The number of hydrogen-bond acceptors (Lipinski definition) is 5. The Kier molecular flexibility index (Phi) is 44.8. The number of aliphatic hydroxyl groups excluding tert-OH is 4. The van der Waals surface area contributed by atoms with E-state index in [1.54, 1.807) is 0 Å². The summed E-state index contributed by atoms with van der Waals surface area (Å²) in [6, 6.07) is -0.979. The smallest absolute Gasteiger partial charge is 0.249 e. The molecule has 6 nitrogen and oxygen atoms in total. The summed E-state index contributed by atoms with van der Waals surface area (Å²) in [5.74, 6) is -0.578. The molecule has 5 N–H and O–H groups in total. The lowest BCUT2D eigenvalue weighted by Crippen LogP contribution is -2.53. The number of rotatable bonds is 47. The van der Waals surface area contributed by atoms with Crippen molar-refractivity contribution in [3.8, 4) is 0 Å². The summed E-state index contributed by atoms with van der Waals surface area (Å²) in [6.45, 7) is 4.08. The van der Waals surface area contributed by atoms with Crippen molar-refractivity contribution >= 4 is 5.91 Å². The van der Waals surface area contributed by atoms with Crippen molar-refractivity contribution in [2.24, 2.45) is 0 Å². The fourth-order valence-electron chi connectivity index (χ4n) is 8.29. The predicted octanol–water partition coefficient (Wildman–Crippen LogP) is 14.0. The maximum absolute atomic E-state index is 12.5. The van der Waals surface area contributed by atoms with E-state index in [4.69, 9.17) is 0 Å². The average molecular weight is 796 g/mol. The number of carbonyl (C=O) groups excluding carboxylic acids is 1. The molecule has 0 radical (unpaired) electrons. The Labute approximate surface area is 350 Å². The summed E-state index contributed by atoms with van der Waals surface area (Å²) in [5, 5.41) is 43.9. The molecule has 1 amide bonds. The van der Waals surface area contributed by atoms with E-state index in [0.29, 0.717) is 12.8 Å². The van der Waals surface area contributed by atoms with E-state index in [1.165, 1.54) is 218 Å². The van der Waals surface area contributed by atoms with Crippen LogP contribution in [0.4, 0.5) is 0 Å². The first kappa shape index (κ1) is 55.3. The van der Waals surface area contributed by atoms with Crippen LogP contribution in [0.1, 0.15) is 284 Å². The molecule has 0 heterocycles. The van der Waals surface area contributed by atoms with Gasteiger partial charge in [-0.15, -0.1) is 0 Å². The normalized spacial score (nSPS) is 13.9. The zero-order valence-electron chi connectivity index (χ0n) is 37.9. The lowest BCUT2D eigenvalue weighted by Gasteiger charge is -2.27. The average Bonchev–Trinajstić information content (AvgIpc) is 3.20. The van der Waals surface area contributed by atoms with Crippen LogP contribution >= 0.6 is 0 Å². The number of hydrogen-bond donors (Lipinski definition) is 5. The van der Waals surface area contributed by atoms with Crippen LogP contribution in [-0.2, 0) is 4.79 Å². The molecule has 0 aromatic heterocycles. The fraction of sp³-hybridized carbons (Fsp3) is 0.980. The van der Waals surface area contributed by atoms with Gasteiger partial charge in [0.2, 0.25) is 5.91 Å². The third-order valence-corrected chi connectivity index (χ3v) is 12.3. The molecule has 0 aromatic rings. The molecule has 336 valence electrons. The molecule has 56 heavy (non-hydrogen) atoms. The summed E-state index contributed by atoms with van der Waals surface area (Å²) in [6.07, 6.45) is 50.1. The Morgan fingerprint density at radius 1 is 0.375 bits per heavy atom. The van der Waals surface area contributed by atoms with E-state index in [0.717, 1.165) is 38.5 Å². The van der Waals surface area contributed by atoms with Gasteiger partial charge in [-0.2, -0.15) is 0 Å². The van der Waals surface area contributed by atoms with Crippen LogP contribution in [0.3, 0.4) is 0 Å². The minimum Gasteiger partial charge on any atom is -0.394 e. The third kappa shape index (κ3) is 38.8. The van der Waals surface area contributed by atoms with E-state index in [2.05, 4.69) is 19.2 Å². The molecule has 4 atom stereocenters. The molecular weight excluding hydrogens is 695 g/mol. The lowest BCUT2D eigenvalue weighted by atomic mass is 9.99. The maximum atomic E-state index is 12.5. The van der Waals surface area contributed by atoms with Gasteiger partial charge >= 0.3 is 0 Å². The van der Waals surface area contributed by atoms with Crippen molar-refractivity contribution in [1.29, 1.82) is 0 Å². The minimum absolute atomic E-state index is 0.375. The van der Waals surface area contributed by atoms with Gasteiger partial charge in [-0.3, -0.25) is 4.79 Å². The SMILES string of the molecule is CCCCCCCCCCCCCCCCCCCCCCCCCCCC(O)C(O)C(CO)NC(=O)C(O)CCCCCCCCCCCCCCCCC. The third-order valence-electron chi connectivity index (χ3n) is 12.3. The van der Waals surface area contributed by atoms with Crippen molar-refractivity contribution < 1.29 is 25.2 Å². The second kappa shape index (κ2) is 45.4. The number of carbonyl (C=O) groups is 1. The van der Waals surface area contributed by atoms with E-state index < -0.39 is 36.9 Å². The van der Waals surface area contributed by atoms with Crippen LogP contribution in [-0.4, -0.2) is 57.3 Å². The van der Waals surface area contributed by atoms with Crippen LogP contribution < -0.4 is 5.32 Å². The Bertz CT molecular complexity index is 766. The van der Waals surface area contributed by atoms with Gasteiger partial charge in [0.1, 0.15) is 12.2 Å². The van der Waals surface area contributed by atoms with Gasteiger partial charge in [0.05, 0.1) is 18.8 Å². The van der Waals surface area contributed by atoms with Gasteiger partial charge in [-0.1, -0.05) is 271 Å². The summed E-state index contributed by atoms with van der Waals surface area (Å²) >= 11 is 0. The van der Waals surface area contributed by atoms with Crippen LogP contribution in [0.15, 0.2) is 0 Å². The molecule has 0 fully saturated rings. The molecule has 0 bridgehead atoms. The van der Waals surface area contributed by atoms with Gasteiger partial charge in [-0.05, 0) is 12.8 Å². The summed E-state index contributed by atoms with van der Waals surface area (Å²) < 4.78 is 0. The maximum Gasteiger partial charge on any atom is 0.249 e. The van der Waals surface area contributed by atoms with Crippen molar-refractivity contribution in [3.63, 3.8) is 0 Å². The van der Waals surface area contributed by atoms with Crippen molar-refractivity contribution in [2.45, 2.75) is 308 Å². The van der Waals surface area contributed by atoms with E-state index in [-0.39, 0.29) is 0 Å². The molecule has 0 rings (SSSR count). The Hall–Kier alpha value is -0.690. The van der Waals surface area contributed by atoms with Crippen molar-refractivity contribution in [2.75, 3.05) is 6.61 Å². The van der Waals surface area contributed by atoms with Crippen LogP contribution in [0.25, 0.3) is 0 Å². The Morgan fingerprint density at radius 3 is 0.857 bits per heavy atom. The summed E-state index contributed by atoms with van der Waals surface area (Å²) in [7, 11) is 0. The van der Waals surface area contributed by atoms with Gasteiger partial charge in [0, 0.05) is 0 Å². The van der Waals surface area contributed by atoms with E-state index in [9.17, 15) is 25.2 Å². The molecule has 0 aliphatic heterocycles. The zero-order chi connectivity index (χ0) is 41.0. The molecule has 0 aliphatic carbocycles. The molecule has 4 unspecified atom stereocenters. The van der Waals surface area contributed by atoms with Gasteiger partial charge in [0.15, 0.2) is 0 Å². The molecule has 0 saturated carbocycles. The van der Waals surface area contributed by atoms with Crippen molar-refractivity contribution in [3.05, 3.63) is 0 Å². The van der Waals surface area contributed by atoms with Gasteiger partial charge < -0.3 is 25.7 Å². The highest BCUT2D eigenvalue weighted by molar-refractivity contribution is 5.80. The highest BCUT2D eigenvalue weighted by atomic mass is 16.3. The quantitative estimate of drug-likeness (QED) is 0.0394. The van der Waals surface area contributed by atoms with Crippen molar-refractivity contribution in [1.82, 2.24) is 5.32 Å². The van der Waals surface area contributed by atoms with Gasteiger partial charge in [-0.25, -0.2) is 0 Å². The van der Waals surface area contributed by atoms with E-state index >= 15 is 0 Å². The number of amides is 1. The Morgan fingerprint density at radius 2 is 0.607 bits per heavy atom. The number of aliphatic hydroxyl groups is 4. The largest absolute Gasteiger partial charge is 0.394 e. The summed E-state index contributed by atoms with van der Waals surface area (Å²) in [4.78, 5) is 12.5. The molecule has 0 saturated heterocycles. The molecular formula is C50H101NO5. The lowest BCUT2D eigenvalue weighted by molar-refractivity contribution is -0.132. The highest BCUT2D eigenvalue weighted by Gasteiger charge is 2.28. The molecule has 0 aliphatic rings. The Balaban J connectivity index is 3.60. The number of unbranched alkanes of at least 4 members (excludes halogenated alkanes) is 38. The zero-order valence-corrected chi connectivity index (χ0v) is 37.9. The van der Waals surface area contributed by atoms with Crippen LogP contribution in [0.5, 0.6) is 0 Å². The standard InChI is InChI=1S/C50H101NO5/c1-3-5-7-9-11-13-15-17-19-20-21-22-23-24-25-26-27-28-30-31-33-35-37-39-41-43-47(53)49(55)46(45-52)51-50(56)48(54)44-42-40-38-36-34-32-29-18-16-14-12-10-8-6-4-2/h46-49,52-55H,3-45H2,1-2H3,(H,51,56). The second-order valence-corrected chi connectivity index (χ2v) is 17.9. The topological polar surface area (TPSA) is 110 Å². The van der Waals surface area contributed by atoms with Crippen LogP contribution in [0.2, 0.25) is 0 Å². The van der Waals surface area contributed by atoms with E-state index in [1.807, 2.05) is 0 Å².